The Bertz CT molecular complexity index is 802. The van der Waals surface area contributed by atoms with E-state index in [0.29, 0.717) is 22.3 Å². The number of carbonyl (C=O) groups is 2. The highest BCUT2D eigenvalue weighted by Gasteiger charge is 2.11. The predicted molar refractivity (Wildman–Crippen MR) is 102 cm³/mol. The van der Waals surface area contributed by atoms with Gasteiger partial charge in [0, 0.05) is 18.7 Å². The monoisotopic (exact) mass is 397 g/mol. The van der Waals surface area contributed by atoms with Gasteiger partial charge in [0.15, 0.2) is 0 Å². The highest BCUT2D eigenvalue weighted by molar-refractivity contribution is 6.42. The van der Waals surface area contributed by atoms with Gasteiger partial charge in [0.2, 0.25) is 11.8 Å². The van der Waals surface area contributed by atoms with Crippen molar-refractivity contribution < 1.29 is 14.0 Å². The zero-order valence-corrected chi connectivity index (χ0v) is 15.6. The van der Waals surface area contributed by atoms with Crippen molar-refractivity contribution in [3.8, 4) is 0 Å². The molecule has 0 saturated heterocycles. The largest absolute Gasteiger partial charge is 0.325 e. The summed E-state index contributed by atoms with van der Waals surface area (Å²) in [5, 5.41) is 5.96. The zero-order valence-electron chi connectivity index (χ0n) is 14.1. The van der Waals surface area contributed by atoms with Crippen LogP contribution in [-0.2, 0) is 9.59 Å². The number of rotatable bonds is 7. The van der Waals surface area contributed by atoms with Crippen molar-refractivity contribution in [1.82, 2.24) is 4.90 Å². The third-order valence-electron chi connectivity index (χ3n) is 3.49. The van der Waals surface area contributed by atoms with Gasteiger partial charge in [-0.2, -0.15) is 0 Å². The van der Waals surface area contributed by atoms with Gasteiger partial charge in [0.1, 0.15) is 5.82 Å². The van der Waals surface area contributed by atoms with Gasteiger partial charge < -0.3 is 10.6 Å². The summed E-state index contributed by atoms with van der Waals surface area (Å²) in [5.74, 6) is -1.07. The Hall–Kier alpha value is -2.15. The van der Waals surface area contributed by atoms with E-state index < -0.39 is 5.82 Å². The Kier molecular flexibility index (Phi) is 7.38. The average Bonchev–Trinajstić information content (AvgIpc) is 2.58. The molecule has 0 heterocycles. The summed E-state index contributed by atoms with van der Waals surface area (Å²) >= 11 is 11.7. The fourth-order valence-electron chi connectivity index (χ4n) is 2.17. The lowest BCUT2D eigenvalue weighted by atomic mass is 10.3. The van der Waals surface area contributed by atoms with Crippen LogP contribution >= 0.6 is 23.2 Å². The summed E-state index contributed by atoms with van der Waals surface area (Å²) in [6.07, 6.45) is 0.130. The molecule has 0 aliphatic carbocycles. The Morgan fingerprint density at radius 3 is 2.46 bits per heavy atom. The van der Waals surface area contributed by atoms with Crippen molar-refractivity contribution in [2.75, 3.05) is 30.8 Å². The van der Waals surface area contributed by atoms with Crippen LogP contribution in [0.1, 0.15) is 6.42 Å². The van der Waals surface area contributed by atoms with Crippen molar-refractivity contribution in [3.63, 3.8) is 0 Å². The van der Waals surface area contributed by atoms with Gasteiger partial charge in [-0.25, -0.2) is 4.39 Å². The Morgan fingerprint density at radius 2 is 1.77 bits per heavy atom. The molecule has 0 aliphatic rings. The fourth-order valence-corrected chi connectivity index (χ4v) is 2.46. The number of benzene rings is 2. The minimum Gasteiger partial charge on any atom is -0.325 e. The van der Waals surface area contributed by atoms with Crippen LogP contribution in [0.25, 0.3) is 0 Å². The summed E-state index contributed by atoms with van der Waals surface area (Å²) in [7, 11) is 1.71. The molecular weight excluding hydrogens is 380 g/mol. The number of hydrogen-bond donors (Lipinski definition) is 2. The summed E-state index contributed by atoms with van der Waals surface area (Å²) < 4.78 is 13.5. The van der Waals surface area contributed by atoms with Gasteiger partial charge in [-0.1, -0.05) is 35.3 Å². The first-order valence-electron chi connectivity index (χ1n) is 7.83. The molecule has 0 radical (unpaired) electrons. The van der Waals surface area contributed by atoms with Gasteiger partial charge in [-0.05, 0) is 37.4 Å². The first-order chi connectivity index (χ1) is 12.3. The van der Waals surface area contributed by atoms with Crippen LogP contribution in [0.5, 0.6) is 0 Å². The first kappa shape index (κ1) is 20.2. The smallest absolute Gasteiger partial charge is 0.238 e. The number of anilines is 2. The van der Waals surface area contributed by atoms with Crippen LogP contribution in [-0.4, -0.2) is 36.9 Å². The van der Waals surface area contributed by atoms with Crippen molar-refractivity contribution in [2.45, 2.75) is 6.42 Å². The summed E-state index contributed by atoms with van der Waals surface area (Å²) in [6.45, 7) is 0.433. The van der Waals surface area contributed by atoms with Gasteiger partial charge in [0.05, 0.1) is 22.3 Å². The van der Waals surface area contributed by atoms with Crippen LogP contribution in [0.3, 0.4) is 0 Å². The van der Waals surface area contributed by atoms with Crippen LogP contribution in [0.4, 0.5) is 15.8 Å². The van der Waals surface area contributed by atoms with Crippen molar-refractivity contribution >= 4 is 46.4 Å². The molecule has 2 aromatic rings. The molecule has 0 aromatic heterocycles. The van der Waals surface area contributed by atoms with E-state index in [1.807, 2.05) is 0 Å². The van der Waals surface area contributed by atoms with E-state index in [-0.39, 0.29) is 30.5 Å². The molecule has 0 spiro atoms. The van der Waals surface area contributed by atoms with E-state index in [1.54, 1.807) is 42.3 Å². The number of nitrogens with one attached hydrogen (secondary N) is 2. The van der Waals surface area contributed by atoms with E-state index in [2.05, 4.69) is 10.6 Å². The molecule has 0 bridgehead atoms. The van der Waals surface area contributed by atoms with Crippen LogP contribution < -0.4 is 10.6 Å². The maximum Gasteiger partial charge on any atom is 0.238 e. The third kappa shape index (κ3) is 6.29. The maximum absolute atomic E-state index is 13.5. The van der Waals surface area contributed by atoms with E-state index in [0.717, 1.165) is 0 Å². The minimum absolute atomic E-state index is 0.0905. The Labute approximate surface area is 161 Å². The molecule has 2 N–H and O–H groups in total. The lowest BCUT2D eigenvalue weighted by molar-refractivity contribution is -0.119. The molecule has 0 saturated carbocycles. The van der Waals surface area contributed by atoms with Crippen molar-refractivity contribution in [2.24, 2.45) is 0 Å². The summed E-state index contributed by atoms with van der Waals surface area (Å²) in [4.78, 5) is 25.6. The number of nitrogens with zero attached hydrogens (tertiary/aromatic N) is 1. The molecule has 2 aromatic carbocycles. The molecular formula is C18H18Cl2FN3O2. The second kappa shape index (κ2) is 9.52. The van der Waals surface area contributed by atoms with Crippen LogP contribution in [0.2, 0.25) is 10.0 Å². The topological polar surface area (TPSA) is 61.4 Å². The fraction of sp³-hybridized carbons (Fsp3) is 0.222. The molecule has 2 amide bonds. The predicted octanol–water partition coefficient (Wildman–Crippen LogP) is 4.03. The number of amides is 2. The quantitative estimate of drug-likeness (QED) is 0.741. The maximum atomic E-state index is 13.5. The summed E-state index contributed by atoms with van der Waals surface area (Å²) in [5.41, 5.74) is 0.674. The molecule has 0 unspecified atom stereocenters. The normalized spacial score (nSPS) is 10.7. The van der Waals surface area contributed by atoms with Gasteiger partial charge in [-0.15, -0.1) is 0 Å². The van der Waals surface area contributed by atoms with E-state index in [9.17, 15) is 14.0 Å². The molecule has 2 rings (SSSR count). The van der Waals surface area contributed by atoms with Crippen LogP contribution in [0.15, 0.2) is 42.5 Å². The third-order valence-corrected chi connectivity index (χ3v) is 4.22. The zero-order chi connectivity index (χ0) is 19.1. The first-order valence-corrected chi connectivity index (χ1v) is 8.58. The molecule has 0 fully saturated rings. The van der Waals surface area contributed by atoms with Gasteiger partial charge >= 0.3 is 0 Å². The highest BCUT2D eigenvalue weighted by Crippen LogP contribution is 2.24. The number of halogens is 3. The van der Waals surface area contributed by atoms with Crippen molar-refractivity contribution in [3.05, 3.63) is 58.3 Å². The second-order valence-corrected chi connectivity index (χ2v) is 6.51. The molecule has 8 heteroatoms. The Morgan fingerprint density at radius 1 is 1.04 bits per heavy atom. The Balaban J connectivity index is 1.76. The van der Waals surface area contributed by atoms with E-state index >= 15 is 0 Å². The number of likely N-dealkylation sites (N-methyl/N-ethyl adjacent to an activating group) is 1. The standard InChI is InChI=1S/C18H18Cl2FN3O2/c1-24(9-8-17(25)23-16-5-3-2-4-15(16)21)11-18(26)22-12-6-7-13(19)14(20)10-12/h2-7,10H,8-9,11H2,1H3,(H,22,26)(H,23,25). The minimum atomic E-state index is -0.491. The molecule has 0 atom stereocenters. The highest BCUT2D eigenvalue weighted by atomic mass is 35.5. The number of hydrogen-bond acceptors (Lipinski definition) is 3. The van der Waals surface area contributed by atoms with Crippen LogP contribution in [0, 0.1) is 5.82 Å². The molecule has 0 aliphatic heterocycles. The van der Waals surface area contributed by atoms with Crippen molar-refractivity contribution in [1.29, 1.82) is 0 Å². The summed E-state index contributed by atoms with van der Waals surface area (Å²) in [6, 6.07) is 10.7. The van der Waals surface area contributed by atoms with Gasteiger partial charge in [-0.3, -0.25) is 14.5 Å². The average molecular weight is 398 g/mol. The molecule has 5 nitrogen and oxygen atoms in total. The number of carbonyl (C=O) groups excluding carboxylic acids is 2. The number of para-hydroxylation sites is 1. The molecule has 26 heavy (non-hydrogen) atoms. The van der Waals surface area contributed by atoms with E-state index in [1.165, 1.54) is 12.1 Å². The SMILES string of the molecule is CN(CCC(=O)Nc1ccccc1F)CC(=O)Nc1ccc(Cl)c(Cl)c1. The second-order valence-electron chi connectivity index (χ2n) is 5.69. The van der Waals surface area contributed by atoms with E-state index in [4.69, 9.17) is 23.2 Å². The van der Waals surface area contributed by atoms with Gasteiger partial charge in [0.25, 0.3) is 0 Å². The lowest BCUT2D eigenvalue weighted by Gasteiger charge is -2.16. The molecule has 138 valence electrons. The lowest BCUT2D eigenvalue weighted by Crippen LogP contribution is -2.32.